The molecule has 6 nitrogen and oxygen atoms in total. The van der Waals surface area contributed by atoms with E-state index in [1.54, 1.807) is 42.5 Å². The smallest absolute Gasteiger partial charge is 0.283 e. The first-order valence-corrected chi connectivity index (χ1v) is 11.4. The van der Waals surface area contributed by atoms with Gasteiger partial charge in [-0.2, -0.15) is 0 Å². The Balaban J connectivity index is 1.56. The molecule has 8 heteroatoms. The van der Waals surface area contributed by atoms with Gasteiger partial charge in [0.05, 0.1) is 5.69 Å². The van der Waals surface area contributed by atoms with Crippen LogP contribution in [0.3, 0.4) is 0 Å². The van der Waals surface area contributed by atoms with Gasteiger partial charge in [-0.05, 0) is 73.0 Å². The predicted octanol–water partition coefficient (Wildman–Crippen LogP) is 5.90. The van der Waals surface area contributed by atoms with E-state index in [0.29, 0.717) is 27.6 Å². The van der Waals surface area contributed by atoms with E-state index in [1.165, 1.54) is 5.56 Å². The van der Waals surface area contributed by atoms with Crippen molar-refractivity contribution < 1.29 is 14.4 Å². The SMILES string of the molecule is CCc1ccc(NC(=O)c2ccc(C)c(NC3=C(Cl)C(=O)N(c4ccc(Cl)cc4)C3=O)c2)cc1. The van der Waals surface area contributed by atoms with Gasteiger partial charge in [-0.3, -0.25) is 14.4 Å². The van der Waals surface area contributed by atoms with Gasteiger partial charge in [0.1, 0.15) is 10.7 Å². The second kappa shape index (κ2) is 9.71. The van der Waals surface area contributed by atoms with Crippen LogP contribution in [0, 0.1) is 6.92 Å². The average molecular weight is 494 g/mol. The lowest BCUT2D eigenvalue weighted by molar-refractivity contribution is -0.120. The first-order chi connectivity index (χ1) is 16.3. The summed E-state index contributed by atoms with van der Waals surface area (Å²) in [6, 6.07) is 19.0. The number of amides is 3. The summed E-state index contributed by atoms with van der Waals surface area (Å²) in [6.45, 7) is 3.88. The molecule has 34 heavy (non-hydrogen) atoms. The van der Waals surface area contributed by atoms with Gasteiger partial charge in [-0.1, -0.05) is 48.3 Å². The Morgan fingerprint density at radius 3 is 2.24 bits per heavy atom. The molecule has 0 unspecified atom stereocenters. The maximum Gasteiger partial charge on any atom is 0.283 e. The first kappa shape index (κ1) is 23.5. The largest absolute Gasteiger partial charge is 0.349 e. The van der Waals surface area contributed by atoms with Crippen molar-refractivity contribution in [2.45, 2.75) is 20.3 Å². The maximum absolute atomic E-state index is 13.0. The number of nitrogens with zero attached hydrogens (tertiary/aromatic N) is 1. The van der Waals surface area contributed by atoms with Crippen molar-refractivity contribution in [2.75, 3.05) is 15.5 Å². The van der Waals surface area contributed by atoms with Gasteiger partial charge in [-0.15, -0.1) is 0 Å². The highest BCUT2D eigenvalue weighted by Crippen LogP contribution is 2.31. The molecule has 3 aromatic rings. The number of rotatable bonds is 6. The minimum Gasteiger partial charge on any atom is -0.349 e. The van der Waals surface area contributed by atoms with Crippen LogP contribution < -0.4 is 15.5 Å². The van der Waals surface area contributed by atoms with E-state index in [9.17, 15) is 14.4 Å². The Labute approximate surface area is 207 Å². The van der Waals surface area contributed by atoms with E-state index in [-0.39, 0.29) is 16.6 Å². The van der Waals surface area contributed by atoms with Crippen molar-refractivity contribution in [3.05, 3.63) is 99.2 Å². The Bertz CT molecular complexity index is 1320. The third kappa shape index (κ3) is 4.69. The van der Waals surface area contributed by atoms with E-state index in [2.05, 4.69) is 17.6 Å². The lowest BCUT2D eigenvalue weighted by Crippen LogP contribution is -2.32. The number of hydrogen-bond donors (Lipinski definition) is 2. The van der Waals surface area contributed by atoms with Gasteiger partial charge in [0.15, 0.2) is 0 Å². The maximum atomic E-state index is 13.0. The van der Waals surface area contributed by atoms with Gasteiger partial charge < -0.3 is 10.6 Å². The highest BCUT2D eigenvalue weighted by atomic mass is 35.5. The Hall–Kier alpha value is -3.61. The van der Waals surface area contributed by atoms with Crippen molar-refractivity contribution in [3.8, 4) is 0 Å². The van der Waals surface area contributed by atoms with Gasteiger partial charge in [0, 0.05) is 22.0 Å². The molecule has 0 fully saturated rings. The van der Waals surface area contributed by atoms with Crippen LogP contribution in [0.2, 0.25) is 5.02 Å². The molecule has 0 saturated carbocycles. The Kier molecular flexibility index (Phi) is 6.72. The lowest BCUT2D eigenvalue weighted by Gasteiger charge is -2.16. The van der Waals surface area contributed by atoms with Crippen LogP contribution in [0.1, 0.15) is 28.4 Å². The number of hydrogen-bond acceptors (Lipinski definition) is 4. The summed E-state index contributed by atoms with van der Waals surface area (Å²) in [7, 11) is 0. The van der Waals surface area contributed by atoms with E-state index in [1.807, 2.05) is 31.2 Å². The molecule has 1 heterocycles. The van der Waals surface area contributed by atoms with E-state index < -0.39 is 11.8 Å². The minimum atomic E-state index is -0.640. The van der Waals surface area contributed by atoms with Crippen molar-refractivity contribution in [3.63, 3.8) is 0 Å². The fraction of sp³-hybridized carbons (Fsp3) is 0.115. The highest BCUT2D eigenvalue weighted by molar-refractivity contribution is 6.53. The number of anilines is 3. The Morgan fingerprint density at radius 2 is 1.59 bits per heavy atom. The molecule has 0 radical (unpaired) electrons. The zero-order valence-electron chi connectivity index (χ0n) is 18.5. The topological polar surface area (TPSA) is 78.5 Å². The second-order valence-corrected chi connectivity index (χ2v) is 8.58. The molecule has 0 aliphatic carbocycles. The molecule has 2 N–H and O–H groups in total. The van der Waals surface area contributed by atoms with Gasteiger partial charge in [0.2, 0.25) is 0 Å². The van der Waals surface area contributed by atoms with Gasteiger partial charge >= 0.3 is 0 Å². The summed E-state index contributed by atoms with van der Waals surface area (Å²) >= 11 is 12.1. The lowest BCUT2D eigenvalue weighted by atomic mass is 10.1. The molecular formula is C26H21Cl2N3O3. The summed E-state index contributed by atoms with van der Waals surface area (Å²) in [5.74, 6) is -1.54. The number of carbonyl (C=O) groups excluding carboxylic acids is 3. The van der Waals surface area contributed by atoms with Gasteiger partial charge in [-0.25, -0.2) is 4.90 Å². The molecule has 172 valence electrons. The van der Waals surface area contributed by atoms with Crippen LogP contribution in [0.5, 0.6) is 0 Å². The van der Waals surface area contributed by atoms with Crippen LogP contribution in [0.4, 0.5) is 17.1 Å². The van der Waals surface area contributed by atoms with Crippen LogP contribution >= 0.6 is 23.2 Å². The van der Waals surface area contributed by atoms with Crippen LogP contribution in [-0.2, 0) is 16.0 Å². The normalized spacial score (nSPS) is 13.5. The van der Waals surface area contributed by atoms with Crippen molar-refractivity contribution in [1.29, 1.82) is 0 Å². The molecule has 3 aromatic carbocycles. The van der Waals surface area contributed by atoms with Crippen LogP contribution in [-0.4, -0.2) is 17.7 Å². The summed E-state index contributed by atoms with van der Waals surface area (Å²) in [5, 5.41) is 6.06. The summed E-state index contributed by atoms with van der Waals surface area (Å²) in [4.78, 5) is 39.5. The number of aryl methyl sites for hydroxylation is 2. The third-order valence-electron chi connectivity index (χ3n) is 5.49. The van der Waals surface area contributed by atoms with Crippen LogP contribution in [0.15, 0.2) is 77.5 Å². The molecule has 0 bridgehead atoms. The van der Waals surface area contributed by atoms with Gasteiger partial charge in [0.25, 0.3) is 17.7 Å². The molecule has 0 spiro atoms. The first-order valence-electron chi connectivity index (χ1n) is 10.6. The number of imide groups is 1. The number of carbonyl (C=O) groups is 3. The monoisotopic (exact) mass is 493 g/mol. The Morgan fingerprint density at radius 1 is 0.912 bits per heavy atom. The van der Waals surface area contributed by atoms with Crippen molar-refractivity contribution in [1.82, 2.24) is 0 Å². The molecular weight excluding hydrogens is 473 g/mol. The van der Waals surface area contributed by atoms with E-state index >= 15 is 0 Å². The fourth-order valence-corrected chi connectivity index (χ4v) is 3.83. The van der Waals surface area contributed by atoms with E-state index in [0.717, 1.165) is 16.9 Å². The van der Waals surface area contributed by atoms with Crippen molar-refractivity contribution in [2.24, 2.45) is 0 Å². The fourth-order valence-electron chi connectivity index (χ4n) is 3.50. The summed E-state index contributed by atoms with van der Waals surface area (Å²) in [6.07, 6.45) is 0.913. The highest BCUT2D eigenvalue weighted by Gasteiger charge is 2.39. The standard InChI is InChI=1S/C26H21Cl2N3O3/c1-3-16-5-10-19(11-6-16)29-24(32)17-7-4-15(2)21(14-17)30-23-22(28)25(33)31(26(23)34)20-12-8-18(27)9-13-20/h4-14,30H,3H2,1-2H3,(H,29,32). The van der Waals surface area contributed by atoms with E-state index in [4.69, 9.17) is 23.2 Å². The quantitative estimate of drug-likeness (QED) is 0.419. The molecule has 1 aliphatic heterocycles. The number of halogens is 2. The molecule has 3 amide bonds. The number of benzene rings is 3. The minimum absolute atomic E-state index is 0.0579. The second-order valence-electron chi connectivity index (χ2n) is 7.77. The molecule has 1 aliphatic rings. The molecule has 0 atom stereocenters. The predicted molar refractivity (Wildman–Crippen MR) is 135 cm³/mol. The average Bonchev–Trinajstić information content (AvgIpc) is 3.04. The molecule has 0 aromatic heterocycles. The zero-order valence-corrected chi connectivity index (χ0v) is 20.0. The molecule has 0 saturated heterocycles. The third-order valence-corrected chi connectivity index (χ3v) is 6.09. The zero-order chi connectivity index (χ0) is 24.4. The summed E-state index contributed by atoms with van der Waals surface area (Å²) in [5.41, 5.74) is 3.79. The number of nitrogens with one attached hydrogen (secondary N) is 2. The summed E-state index contributed by atoms with van der Waals surface area (Å²) < 4.78 is 0. The van der Waals surface area contributed by atoms with Crippen molar-refractivity contribution >= 4 is 58.0 Å². The molecule has 4 rings (SSSR count). The van der Waals surface area contributed by atoms with Crippen LogP contribution in [0.25, 0.3) is 0 Å².